The Labute approximate surface area is 475 Å². The van der Waals surface area contributed by atoms with E-state index in [0.717, 1.165) is 37.7 Å². The van der Waals surface area contributed by atoms with E-state index in [2.05, 4.69) is 10.2 Å². The number of likely N-dealkylation sites (N-methyl/N-ethyl adjacent to an activating group) is 1. The van der Waals surface area contributed by atoms with Crippen molar-refractivity contribution in [1.82, 2.24) is 39.6 Å². The van der Waals surface area contributed by atoms with Crippen LogP contribution < -0.4 is 20.5 Å². The molecule has 1 saturated heterocycles. The molecular formula is C58H86N10O13. The lowest BCUT2D eigenvalue weighted by Crippen LogP contribution is -2.70. The monoisotopic (exact) mass is 1130 g/mol. The van der Waals surface area contributed by atoms with Crippen molar-refractivity contribution in [3.63, 3.8) is 0 Å². The van der Waals surface area contributed by atoms with Gasteiger partial charge < -0.3 is 55.7 Å². The lowest BCUT2D eigenvalue weighted by molar-refractivity contribution is -0.167. The number of hydrogen-bond donors (Lipinski definition) is 6. The standard InChI is InChI=1S/C58H86N10O13/c1-38(2)44-32-41(13-14-46(44)60-47(54-48(80-6)11-8-12-49(54)81-7)33-45(59)55(76)61-58(57(78)79)42-28-39-27-40(30-42)31-43(58)29-39)56(77)64(5)18-10-16-62(3)15-9-17-63(4)50(69)34-65-19-21-66(35-51(70)71)23-25-68(37-53(74)75)26-24-67(22-20-65)36-52(72)73/h8,11-14,32-33,38-40,42-43H,9-10,15-31,34-37,59H2,1-7H3,(H,61,76)(H,70,71)(H,72,73)(H,74,75)(H,78,79)/b45-33-,60-47?. The lowest BCUT2D eigenvalue weighted by Gasteiger charge is -2.59. The first kappa shape index (κ1) is 63.5. The Hall–Kier alpha value is -6.66. The van der Waals surface area contributed by atoms with Gasteiger partial charge in [0.2, 0.25) is 5.91 Å². The van der Waals surface area contributed by atoms with Crippen molar-refractivity contribution in [2.24, 2.45) is 34.4 Å². The number of hydrogen-bond acceptors (Lipinski definition) is 16. The van der Waals surface area contributed by atoms with Crippen molar-refractivity contribution in [2.45, 2.75) is 70.3 Å². The van der Waals surface area contributed by atoms with Gasteiger partial charge in [0, 0.05) is 85.1 Å². The van der Waals surface area contributed by atoms with Crippen molar-refractivity contribution >= 4 is 53.0 Å². The minimum absolute atomic E-state index is 0.0547. The number of rotatable bonds is 26. The summed E-state index contributed by atoms with van der Waals surface area (Å²) in [5.74, 6) is -3.79. The molecule has 81 heavy (non-hydrogen) atoms. The Kier molecular flexibility index (Phi) is 23.0. The summed E-state index contributed by atoms with van der Waals surface area (Å²) in [5.41, 5.74) is 7.40. The van der Waals surface area contributed by atoms with Crippen molar-refractivity contribution in [1.29, 1.82) is 0 Å². The zero-order chi connectivity index (χ0) is 59.1. The topological polar surface area (TPSA) is 292 Å². The van der Waals surface area contributed by atoms with E-state index in [1.54, 1.807) is 68.9 Å². The number of nitrogens with one attached hydrogen (secondary N) is 1. The number of aliphatic carboxylic acids is 4. The highest BCUT2D eigenvalue weighted by molar-refractivity contribution is 6.16. The van der Waals surface area contributed by atoms with Gasteiger partial charge in [-0.25, -0.2) is 9.79 Å². The fraction of sp³-hybridized carbons (Fsp3) is 0.621. The Bertz CT molecular complexity index is 2550. The molecule has 1 heterocycles. The van der Waals surface area contributed by atoms with Gasteiger partial charge in [-0.3, -0.25) is 48.4 Å². The molecule has 3 amide bonds. The Morgan fingerprint density at radius 2 is 1.14 bits per heavy atom. The smallest absolute Gasteiger partial charge is 0.330 e. The molecule has 23 nitrogen and oxygen atoms in total. The van der Waals surface area contributed by atoms with Crippen LogP contribution in [0, 0.1) is 23.7 Å². The fourth-order valence-corrected chi connectivity index (χ4v) is 12.5. The second kappa shape index (κ2) is 29.4. The van der Waals surface area contributed by atoms with Gasteiger partial charge in [0.05, 0.1) is 63.1 Å². The van der Waals surface area contributed by atoms with E-state index < -0.39 is 35.3 Å². The van der Waals surface area contributed by atoms with Gasteiger partial charge in [-0.15, -0.1) is 0 Å². The van der Waals surface area contributed by atoms with Crippen LogP contribution in [0.25, 0.3) is 0 Å². The van der Waals surface area contributed by atoms with E-state index in [1.807, 2.05) is 31.9 Å². The number of carboxylic acids is 4. The van der Waals surface area contributed by atoms with Gasteiger partial charge in [0.1, 0.15) is 17.0 Å². The largest absolute Gasteiger partial charge is 0.496 e. The first-order valence-corrected chi connectivity index (χ1v) is 28.2. The van der Waals surface area contributed by atoms with Gasteiger partial charge in [-0.05, 0) is 137 Å². The number of methoxy groups -OCH3 is 2. The number of benzene rings is 2. The summed E-state index contributed by atoms with van der Waals surface area (Å²) in [6, 6.07) is 10.5. The third-order valence-electron chi connectivity index (χ3n) is 16.7. The number of carboxylic acid groups (broad SMARTS) is 4. The highest BCUT2D eigenvalue weighted by Crippen LogP contribution is 2.58. The number of allylic oxidation sites excluding steroid dienone is 1. The van der Waals surface area contributed by atoms with Crippen LogP contribution >= 0.6 is 0 Å². The van der Waals surface area contributed by atoms with Gasteiger partial charge in [0.15, 0.2) is 0 Å². The van der Waals surface area contributed by atoms with Crippen LogP contribution in [0.15, 0.2) is 53.2 Å². The average molecular weight is 1130 g/mol. The van der Waals surface area contributed by atoms with Crippen LogP contribution in [0.4, 0.5) is 5.69 Å². The predicted octanol–water partition coefficient (Wildman–Crippen LogP) is 2.90. The summed E-state index contributed by atoms with van der Waals surface area (Å²) in [7, 11) is 8.50. The van der Waals surface area contributed by atoms with Crippen molar-refractivity contribution < 1.29 is 63.5 Å². The summed E-state index contributed by atoms with van der Waals surface area (Å²) >= 11 is 0. The third-order valence-corrected chi connectivity index (χ3v) is 16.7. The Morgan fingerprint density at radius 1 is 0.679 bits per heavy atom. The molecule has 5 fully saturated rings. The molecule has 7 rings (SSSR count). The first-order valence-electron chi connectivity index (χ1n) is 28.2. The van der Waals surface area contributed by atoms with Crippen LogP contribution in [0.5, 0.6) is 11.5 Å². The third kappa shape index (κ3) is 17.2. The van der Waals surface area contributed by atoms with E-state index in [4.69, 9.17) is 20.2 Å². The number of aliphatic imine (C=N–C) groups is 1. The minimum atomic E-state index is -1.41. The van der Waals surface area contributed by atoms with Gasteiger partial charge in [-0.2, -0.15) is 0 Å². The summed E-state index contributed by atoms with van der Waals surface area (Å²) in [4.78, 5) is 107. The highest BCUT2D eigenvalue weighted by atomic mass is 16.5. The second-order valence-electron chi connectivity index (χ2n) is 22.8. The maximum Gasteiger partial charge on any atom is 0.330 e. The molecule has 446 valence electrons. The summed E-state index contributed by atoms with van der Waals surface area (Å²) in [6.07, 6.45) is 6.96. The quantitative estimate of drug-likeness (QED) is 0.0583. The highest BCUT2D eigenvalue weighted by Gasteiger charge is 2.62. The van der Waals surface area contributed by atoms with Crippen molar-refractivity contribution in [2.75, 3.05) is 140 Å². The summed E-state index contributed by atoms with van der Waals surface area (Å²) < 4.78 is 11.5. The number of carbonyl (C=O) groups is 7. The zero-order valence-electron chi connectivity index (χ0n) is 48.3. The molecule has 0 radical (unpaired) electrons. The number of ether oxygens (including phenoxy) is 2. The maximum absolute atomic E-state index is 14.1. The van der Waals surface area contributed by atoms with Crippen LogP contribution in [-0.4, -0.2) is 248 Å². The molecule has 5 aliphatic rings. The van der Waals surface area contributed by atoms with Crippen LogP contribution in [0.3, 0.4) is 0 Å². The van der Waals surface area contributed by atoms with Crippen LogP contribution in [-0.2, 0) is 28.8 Å². The van der Waals surface area contributed by atoms with Crippen molar-refractivity contribution in [3.05, 3.63) is 64.9 Å². The van der Waals surface area contributed by atoms with Crippen LogP contribution in [0.2, 0.25) is 0 Å². The van der Waals surface area contributed by atoms with Gasteiger partial charge in [0.25, 0.3) is 11.8 Å². The molecule has 4 aliphatic carbocycles. The van der Waals surface area contributed by atoms with E-state index >= 15 is 0 Å². The normalized spacial score (nSPS) is 22.4. The average Bonchev–Trinajstić information content (AvgIpc) is 3.51. The molecule has 1 aliphatic heterocycles. The molecule has 4 bridgehead atoms. The lowest BCUT2D eigenvalue weighted by atomic mass is 9.48. The summed E-state index contributed by atoms with van der Waals surface area (Å²) in [5, 5.41) is 42.3. The second-order valence-corrected chi connectivity index (χ2v) is 22.8. The van der Waals surface area contributed by atoms with Gasteiger partial charge >= 0.3 is 23.9 Å². The van der Waals surface area contributed by atoms with Crippen LogP contribution in [0.1, 0.15) is 86.2 Å². The Balaban J connectivity index is 1.06. The van der Waals surface area contributed by atoms with E-state index in [0.29, 0.717) is 105 Å². The number of carbonyl (C=O) groups excluding carboxylic acids is 3. The zero-order valence-corrected chi connectivity index (χ0v) is 48.3. The summed E-state index contributed by atoms with van der Waals surface area (Å²) in [6.45, 7) is 8.09. The van der Waals surface area contributed by atoms with E-state index in [1.165, 1.54) is 20.3 Å². The SMILES string of the molecule is COc1cccc(OC)c1C(/C=C(\N)C(=O)NC1(C(=O)O)C2CC3CC(C2)CC1C3)=Nc1ccc(C(=O)N(C)CCCN(C)CCCN(C)C(=O)CN2CCN(CC(=O)O)CCN(CC(=O)O)CCN(CC(=O)O)CC2)cc1C(C)C. The minimum Gasteiger partial charge on any atom is -0.496 e. The van der Waals surface area contributed by atoms with Crippen molar-refractivity contribution in [3.8, 4) is 11.5 Å². The molecule has 0 aromatic heterocycles. The predicted molar refractivity (Wildman–Crippen MR) is 304 cm³/mol. The molecule has 0 unspecified atom stereocenters. The van der Waals surface area contributed by atoms with E-state index in [9.17, 15) is 54.0 Å². The maximum atomic E-state index is 14.1. The molecular weight excluding hydrogens is 1040 g/mol. The fourth-order valence-electron chi connectivity index (χ4n) is 12.5. The number of nitrogens with two attached hydrogens (primary N) is 1. The van der Waals surface area contributed by atoms with Gasteiger partial charge in [-0.1, -0.05) is 19.9 Å². The molecule has 23 heteroatoms. The molecule has 0 spiro atoms. The Morgan fingerprint density at radius 3 is 1.57 bits per heavy atom. The van der Waals surface area contributed by atoms with E-state index in [-0.39, 0.29) is 93.3 Å². The number of amides is 3. The molecule has 2 aromatic rings. The molecule has 4 saturated carbocycles. The first-order chi connectivity index (χ1) is 38.5. The molecule has 7 N–H and O–H groups in total. The molecule has 0 atom stereocenters. The number of nitrogens with zero attached hydrogens (tertiary/aromatic N) is 8. The molecule has 2 aromatic carbocycles.